The zero-order valence-electron chi connectivity index (χ0n) is 14.0. The lowest BCUT2D eigenvalue weighted by Gasteiger charge is -2.06. The Kier molecular flexibility index (Phi) is 4.66. The molecule has 1 amide bonds. The van der Waals surface area contributed by atoms with E-state index in [1.807, 2.05) is 0 Å². The fourth-order valence-electron chi connectivity index (χ4n) is 2.46. The number of nitrogens with one attached hydrogen (secondary N) is 3. The van der Waals surface area contributed by atoms with Crippen LogP contribution < -0.4 is 5.32 Å². The zero-order chi connectivity index (χ0) is 18.7. The SMILES string of the molecule is CC(=N)C(=N)CNC(=O)c1cccn2c(C=O)c(-c3ccccn3)nc12. The molecular weight excluding hydrogens is 332 g/mol. The summed E-state index contributed by atoms with van der Waals surface area (Å²) in [6.45, 7) is 1.43. The summed E-state index contributed by atoms with van der Waals surface area (Å²) in [6.07, 6.45) is 3.94. The smallest absolute Gasteiger partial charge is 0.255 e. The number of fused-ring (bicyclic) bond motifs is 1. The van der Waals surface area contributed by atoms with Crippen molar-refractivity contribution in [1.82, 2.24) is 19.7 Å². The van der Waals surface area contributed by atoms with Crippen LogP contribution in [0.5, 0.6) is 0 Å². The Labute approximate surface area is 148 Å². The van der Waals surface area contributed by atoms with Crippen LogP contribution in [0.25, 0.3) is 17.0 Å². The molecular formula is C18H16N6O2. The minimum Gasteiger partial charge on any atom is -0.346 e. The van der Waals surface area contributed by atoms with Crippen LogP contribution in [0.4, 0.5) is 0 Å². The van der Waals surface area contributed by atoms with Gasteiger partial charge in [-0.15, -0.1) is 0 Å². The van der Waals surface area contributed by atoms with E-state index in [1.54, 1.807) is 47.1 Å². The van der Waals surface area contributed by atoms with E-state index in [4.69, 9.17) is 10.8 Å². The molecule has 0 aliphatic heterocycles. The summed E-state index contributed by atoms with van der Waals surface area (Å²) in [5.74, 6) is -0.434. The molecule has 0 aromatic carbocycles. The third-order valence-corrected chi connectivity index (χ3v) is 3.83. The van der Waals surface area contributed by atoms with Crippen molar-refractivity contribution in [2.75, 3.05) is 6.54 Å². The molecule has 0 aliphatic rings. The average molecular weight is 348 g/mol. The van der Waals surface area contributed by atoms with Gasteiger partial charge in [-0.05, 0) is 31.2 Å². The van der Waals surface area contributed by atoms with E-state index in [2.05, 4.69) is 15.3 Å². The molecule has 0 saturated carbocycles. The lowest BCUT2D eigenvalue weighted by atomic mass is 10.2. The summed E-state index contributed by atoms with van der Waals surface area (Å²) in [5, 5.41) is 17.6. The molecule has 26 heavy (non-hydrogen) atoms. The van der Waals surface area contributed by atoms with Crippen LogP contribution in [0, 0.1) is 10.8 Å². The maximum absolute atomic E-state index is 12.5. The monoisotopic (exact) mass is 348 g/mol. The van der Waals surface area contributed by atoms with Crippen molar-refractivity contribution in [2.45, 2.75) is 6.92 Å². The summed E-state index contributed by atoms with van der Waals surface area (Å²) in [6, 6.07) is 8.53. The lowest BCUT2D eigenvalue weighted by Crippen LogP contribution is -2.32. The van der Waals surface area contributed by atoms with E-state index in [9.17, 15) is 9.59 Å². The van der Waals surface area contributed by atoms with Crippen LogP contribution >= 0.6 is 0 Å². The highest BCUT2D eigenvalue weighted by molar-refractivity contribution is 6.40. The molecule has 0 fully saturated rings. The molecule has 0 radical (unpaired) electrons. The van der Waals surface area contributed by atoms with Gasteiger partial charge in [0.1, 0.15) is 11.4 Å². The summed E-state index contributed by atoms with van der Waals surface area (Å²) >= 11 is 0. The van der Waals surface area contributed by atoms with Gasteiger partial charge in [-0.2, -0.15) is 0 Å². The molecule has 3 N–H and O–H groups in total. The maximum atomic E-state index is 12.5. The molecule has 0 unspecified atom stereocenters. The normalized spacial score (nSPS) is 10.5. The van der Waals surface area contributed by atoms with E-state index < -0.39 is 5.91 Å². The molecule has 0 spiro atoms. The van der Waals surface area contributed by atoms with Crippen molar-refractivity contribution >= 4 is 29.3 Å². The molecule has 8 heteroatoms. The summed E-state index contributed by atoms with van der Waals surface area (Å²) in [5.41, 5.74) is 1.94. The Morgan fingerprint density at radius 1 is 1.27 bits per heavy atom. The molecule has 3 aromatic rings. The van der Waals surface area contributed by atoms with Crippen LogP contribution in [0.3, 0.4) is 0 Å². The summed E-state index contributed by atoms with van der Waals surface area (Å²) in [7, 11) is 0. The summed E-state index contributed by atoms with van der Waals surface area (Å²) in [4.78, 5) is 32.8. The Hall–Kier alpha value is -3.68. The van der Waals surface area contributed by atoms with Crippen LogP contribution in [0.1, 0.15) is 27.8 Å². The van der Waals surface area contributed by atoms with Gasteiger partial charge in [-0.1, -0.05) is 6.07 Å². The van der Waals surface area contributed by atoms with Crippen LogP contribution in [-0.4, -0.2) is 44.5 Å². The minimum atomic E-state index is -0.434. The van der Waals surface area contributed by atoms with E-state index in [-0.39, 0.29) is 23.5 Å². The van der Waals surface area contributed by atoms with Crippen molar-refractivity contribution in [3.8, 4) is 11.4 Å². The van der Waals surface area contributed by atoms with E-state index in [1.165, 1.54) is 6.92 Å². The first kappa shape index (κ1) is 17.2. The molecule has 0 aliphatic carbocycles. The van der Waals surface area contributed by atoms with Gasteiger partial charge in [-0.3, -0.25) is 19.0 Å². The second kappa shape index (κ2) is 7.06. The van der Waals surface area contributed by atoms with Crippen molar-refractivity contribution in [2.24, 2.45) is 0 Å². The van der Waals surface area contributed by atoms with Gasteiger partial charge in [0.15, 0.2) is 11.9 Å². The molecule has 0 bridgehead atoms. The number of rotatable bonds is 6. The number of hydrogen-bond donors (Lipinski definition) is 3. The van der Waals surface area contributed by atoms with E-state index in [0.717, 1.165) is 0 Å². The number of imidazole rings is 1. The number of aldehydes is 1. The number of pyridine rings is 2. The first-order valence-corrected chi connectivity index (χ1v) is 7.81. The Balaban J connectivity index is 2.04. The lowest BCUT2D eigenvalue weighted by molar-refractivity contribution is 0.0960. The molecule has 0 atom stereocenters. The van der Waals surface area contributed by atoms with Crippen LogP contribution in [-0.2, 0) is 0 Å². The van der Waals surface area contributed by atoms with Gasteiger partial charge in [0.25, 0.3) is 5.91 Å². The number of carbonyl (C=O) groups excluding carboxylic acids is 2. The van der Waals surface area contributed by atoms with Gasteiger partial charge < -0.3 is 16.1 Å². The molecule has 8 nitrogen and oxygen atoms in total. The Morgan fingerprint density at radius 2 is 2.08 bits per heavy atom. The number of aromatic nitrogens is 3. The molecule has 130 valence electrons. The van der Waals surface area contributed by atoms with Crippen molar-refractivity contribution in [3.05, 3.63) is 54.0 Å². The van der Waals surface area contributed by atoms with Gasteiger partial charge in [-0.25, -0.2) is 4.98 Å². The van der Waals surface area contributed by atoms with Crippen LogP contribution in [0.2, 0.25) is 0 Å². The van der Waals surface area contributed by atoms with Crippen molar-refractivity contribution in [1.29, 1.82) is 10.8 Å². The first-order chi connectivity index (χ1) is 12.5. The standard InChI is InChI=1S/C18H16N6O2/c1-11(19)13(20)9-22-18(26)12-5-4-8-24-15(10-25)16(23-17(12)24)14-6-2-3-7-21-14/h2-8,10,19-20H,9H2,1H3,(H,22,26). The van der Waals surface area contributed by atoms with Crippen molar-refractivity contribution < 1.29 is 9.59 Å². The average Bonchev–Trinajstić information content (AvgIpc) is 3.05. The van der Waals surface area contributed by atoms with Gasteiger partial charge >= 0.3 is 0 Å². The first-order valence-electron chi connectivity index (χ1n) is 7.81. The minimum absolute atomic E-state index is 0.0244. The highest BCUT2D eigenvalue weighted by Crippen LogP contribution is 2.23. The third kappa shape index (κ3) is 3.12. The predicted molar refractivity (Wildman–Crippen MR) is 97.3 cm³/mol. The van der Waals surface area contributed by atoms with Gasteiger partial charge in [0.2, 0.25) is 0 Å². The fraction of sp³-hybridized carbons (Fsp3) is 0.111. The Bertz CT molecular complexity index is 1020. The number of carbonyl (C=O) groups is 2. The predicted octanol–water partition coefficient (Wildman–Crippen LogP) is 2.00. The fourth-order valence-corrected chi connectivity index (χ4v) is 2.46. The highest BCUT2D eigenvalue weighted by atomic mass is 16.1. The topological polar surface area (TPSA) is 124 Å². The van der Waals surface area contributed by atoms with E-state index >= 15 is 0 Å². The second-order valence-corrected chi connectivity index (χ2v) is 5.58. The molecule has 0 saturated heterocycles. The van der Waals surface area contributed by atoms with E-state index in [0.29, 0.717) is 29.0 Å². The summed E-state index contributed by atoms with van der Waals surface area (Å²) < 4.78 is 1.54. The zero-order valence-corrected chi connectivity index (χ0v) is 14.0. The maximum Gasteiger partial charge on any atom is 0.255 e. The third-order valence-electron chi connectivity index (χ3n) is 3.83. The second-order valence-electron chi connectivity index (χ2n) is 5.58. The molecule has 3 heterocycles. The largest absolute Gasteiger partial charge is 0.346 e. The highest BCUT2D eigenvalue weighted by Gasteiger charge is 2.19. The molecule has 3 aromatic heterocycles. The van der Waals surface area contributed by atoms with Crippen molar-refractivity contribution in [3.63, 3.8) is 0 Å². The molecule has 3 rings (SSSR count). The number of hydrogen-bond acceptors (Lipinski definition) is 6. The van der Waals surface area contributed by atoms with Gasteiger partial charge in [0, 0.05) is 12.4 Å². The quantitative estimate of drug-likeness (QED) is 0.465. The van der Waals surface area contributed by atoms with Crippen LogP contribution in [0.15, 0.2) is 42.7 Å². The van der Waals surface area contributed by atoms with Gasteiger partial charge in [0.05, 0.1) is 29.2 Å². The number of amides is 1. The number of nitrogens with zero attached hydrogens (tertiary/aromatic N) is 3. The Morgan fingerprint density at radius 3 is 2.73 bits per heavy atom.